The Morgan fingerprint density at radius 3 is 2.00 bits per heavy atom. The Bertz CT molecular complexity index is 86.9. The molecule has 9 heavy (non-hydrogen) atoms. The van der Waals surface area contributed by atoms with E-state index in [1.54, 1.807) is 6.08 Å². The van der Waals surface area contributed by atoms with Crippen molar-refractivity contribution in [1.29, 1.82) is 0 Å². The lowest BCUT2D eigenvalue weighted by molar-refractivity contribution is -0.871. The molecule has 54 valence electrons. The molecule has 0 rings (SSSR count). The molecule has 0 radical (unpaired) electrons. The highest BCUT2D eigenvalue weighted by Crippen LogP contribution is 2.01. The number of hydrogen-bond acceptors (Lipinski definition) is 1. The molecule has 0 spiro atoms. The number of nitrogens with zero attached hydrogens (tertiary/aromatic N) is 1. The highest BCUT2D eigenvalue weighted by Gasteiger charge is 2.06. The lowest BCUT2D eigenvalue weighted by atomic mass is 10.4. The van der Waals surface area contributed by atoms with Crippen LogP contribution in [0.4, 0.5) is 0 Å². The fourth-order valence-corrected chi connectivity index (χ4v) is 0.717. The quantitative estimate of drug-likeness (QED) is 0.320. The molecule has 0 aliphatic rings. The van der Waals surface area contributed by atoms with Crippen LogP contribution in [0.2, 0.25) is 0 Å². The van der Waals surface area contributed by atoms with Gasteiger partial charge in [0.1, 0.15) is 0 Å². The normalized spacial score (nSPS) is 11.4. The number of rotatable bonds is 4. The summed E-state index contributed by atoms with van der Waals surface area (Å²) in [7, 11) is 0. The molecule has 0 heterocycles. The SMILES string of the molecule is C=CC[N+]([O-])(CC)CC. The summed E-state index contributed by atoms with van der Waals surface area (Å²) in [5.41, 5.74) is 0. The molecule has 0 aliphatic carbocycles. The zero-order valence-corrected chi connectivity index (χ0v) is 6.26. The van der Waals surface area contributed by atoms with E-state index in [1.807, 2.05) is 13.8 Å². The molecule has 0 amide bonds. The van der Waals surface area contributed by atoms with E-state index < -0.39 is 0 Å². The van der Waals surface area contributed by atoms with Gasteiger partial charge in [-0.15, -0.1) is 0 Å². The third-order valence-corrected chi connectivity index (χ3v) is 1.61. The summed E-state index contributed by atoms with van der Waals surface area (Å²) >= 11 is 0. The highest BCUT2D eigenvalue weighted by molar-refractivity contribution is 4.65. The van der Waals surface area contributed by atoms with E-state index in [0.717, 1.165) is 0 Å². The topological polar surface area (TPSA) is 23.1 Å². The first-order chi connectivity index (χ1) is 4.18. The van der Waals surface area contributed by atoms with Gasteiger partial charge in [0.15, 0.2) is 0 Å². The monoisotopic (exact) mass is 129 g/mol. The zero-order chi connectivity index (χ0) is 7.33. The van der Waals surface area contributed by atoms with Gasteiger partial charge in [0.25, 0.3) is 0 Å². The maximum Gasteiger partial charge on any atom is 0.0968 e. The summed E-state index contributed by atoms with van der Waals surface area (Å²) in [5.74, 6) is 0. The number of likely N-dealkylation sites (N-methyl/N-ethyl adjacent to an activating group) is 1. The van der Waals surface area contributed by atoms with Gasteiger partial charge in [-0.2, -0.15) is 0 Å². The molecule has 0 N–H and O–H groups in total. The van der Waals surface area contributed by atoms with E-state index >= 15 is 0 Å². The van der Waals surface area contributed by atoms with Gasteiger partial charge in [0.05, 0.1) is 19.6 Å². The van der Waals surface area contributed by atoms with Crippen LogP contribution in [0.15, 0.2) is 12.7 Å². The van der Waals surface area contributed by atoms with Crippen molar-refractivity contribution < 1.29 is 4.65 Å². The van der Waals surface area contributed by atoms with Crippen LogP contribution in [-0.4, -0.2) is 24.3 Å². The van der Waals surface area contributed by atoms with E-state index in [-0.39, 0.29) is 4.65 Å². The molecule has 2 heteroatoms. The lowest BCUT2D eigenvalue weighted by Gasteiger charge is -2.39. The Balaban J connectivity index is 3.75. The number of hydrogen-bond donors (Lipinski definition) is 0. The molecule has 0 aromatic heterocycles. The number of quaternary nitrogens is 1. The molecule has 0 atom stereocenters. The first-order valence-corrected chi connectivity index (χ1v) is 3.36. The van der Waals surface area contributed by atoms with Crippen molar-refractivity contribution in [2.75, 3.05) is 19.6 Å². The third kappa shape index (κ3) is 2.63. The fraction of sp³-hybridized carbons (Fsp3) is 0.714. The van der Waals surface area contributed by atoms with E-state index in [1.165, 1.54) is 0 Å². The first-order valence-electron chi connectivity index (χ1n) is 3.36. The summed E-state index contributed by atoms with van der Waals surface area (Å²) in [4.78, 5) is 0. The van der Waals surface area contributed by atoms with Crippen LogP contribution >= 0.6 is 0 Å². The maximum atomic E-state index is 11.3. The van der Waals surface area contributed by atoms with Gasteiger partial charge in [-0.25, -0.2) is 0 Å². The van der Waals surface area contributed by atoms with Crippen LogP contribution in [0.25, 0.3) is 0 Å². The minimum atomic E-state index is -0.135. The predicted octanol–water partition coefficient (Wildman–Crippen LogP) is 1.53. The fourth-order valence-electron chi connectivity index (χ4n) is 0.717. The Morgan fingerprint density at radius 1 is 1.44 bits per heavy atom. The average Bonchev–Trinajstić information content (AvgIpc) is 1.89. The van der Waals surface area contributed by atoms with Crippen molar-refractivity contribution in [1.82, 2.24) is 0 Å². The Hall–Kier alpha value is -0.340. The number of hydroxylamine groups is 3. The second kappa shape index (κ2) is 3.64. The summed E-state index contributed by atoms with van der Waals surface area (Å²) in [6, 6.07) is 0. The van der Waals surface area contributed by atoms with Crippen LogP contribution in [0.5, 0.6) is 0 Å². The van der Waals surface area contributed by atoms with Crippen LogP contribution in [0.3, 0.4) is 0 Å². The predicted molar refractivity (Wildman–Crippen MR) is 39.8 cm³/mol. The highest BCUT2D eigenvalue weighted by atomic mass is 16.5. The van der Waals surface area contributed by atoms with Gasteiger partial charge in [-0.1, -0.05) is 6.58 Å². The van der Waals surface area contributed by atoms with Crippen molar-refractivity contribution >= 4 is 0 Å². The van der Waals surface area contributed by atoms with Crippen molar-refractivity contribution in [3.05, 3.63) is 17.9 Å². The van der Waals surface area contributed by atoms with Gasteiger partial charge in [0.2, 0.25) is 0 Å². The van der Waals surface area contributed by atoms with Gasteiger partial charge < -0.3 is 9.85 Å². The summed E-state index contributed by atoms with van der Waals surface area (Å²) in [5, 5.41) is 11.3. The molecule has 0 aromatic carbocycles. The molecular weight excluding hydrogens is 114 g/mol. The molecule has 0 fully saturated rings. The Morgan fingerprint density at radius 2 is 1.89 bits per heavy atom. The van der Waals surface area contributed by atoms with Crippen molar-refractivity contribution in [2.45, 2.75) is 13.8 Å². The molecule has 0 unspecified atom stereocenters. The van der Waals surface area contributed by atoms with Crippen molar-refractivity contribution in [3.8, 4) is 0 Å². The largest absolute Gasteiger partial charge is 0.633 e. The standard InChI is InChI=1S/C7H15NO/c1-4-7-8(9,5-2)6-3/h4H,1,5-7H2,2-3H3. The maximum absolute atomic E-state index is 11.3. The first kappa shape index (κ1) is 8.66. The van der Waals surface area contributed by atoms with Crippen molar-refractivity contribution in [2.24, 2.45) is 0 Å². The van der Waals surface area contributed by atoms with Gasteiger partial charge in [0, 0.05) is 0 Å². The van der Waals surface area contributed by atoms with E-state index in [4.69, 9.17) is 0 Å². The van der Waals surface area contributed by atoms with Gasteiger partial charge in [-0.3, -0.25) is 0 Å². The molecule has 0 aromatic rings. The Labute approximate surface area is 57.0 Å². The summed E-state index contributed by atoms with van der Waals surface area (Å²) in [6.45, 7) is 9.15. The van der Waals surface area contributed by atoms with Crippen LogP contribution in [0, 0.1) is 5.21 Å². The molecule has 0 saturated carbocycles. The Kier molecular flexibility index (Phi) is 3.50. The lowest BCUT2D eigenvalue weighted by Crippen LogP contribution is -2.41. The minimum absolute atomic E-state index is 0.135. The third-order valence-electron chi connectivity index (χ3n) is 1.61. The zero-order valence-electron chi connectivity index (χ0n) is 6.26. The van der Waals surface area contributed by atoms with Crippen LogP contribution < -0.4 is 0 Å². The van der Waals surface area contributed by atoms with Gasteiger partial charge in [-0.05, 0) is 19.9 Å². The minimum Gasteiger partial charge on any atom is -0.633 e. The smallest absolute Gasteiger partial charge is 0.0968 e. The van der Waals surface area contributed by atoms with E-state index in [0.29, 0.717) is 19.6 Å². The van der Waals surface area contributed by atoms with E-state index in [2.05, 4.69) is 6.58 Å². The summed E-state index contributed by atoms with van der Waals surface area (Å²) in [6.07, 6.45) is 1.68. The molecule has 0 aliphatic heterocycles. The van der Waals surface area contributed by atoms with Gasteiger partial charge >= 0.3 is 0 Å². The van der Waals surface area contributed by atoms with E-state index in [9.17, 15) is 5.21 Å². The molecule has 0 saturated heterocycles. The average molecular weight is 129 g/mol. The molecule has 0 bridgehead atoms. The summed E-state index contributed by atoms with van der Waals surface area (Å²) < 4.78 is -0.135. The molecule has 2 nitrogen and oxygen atoms in total. The van der Waals surface area contributed by atoms with Crippen molar-refractivity contribution in [3.63, 3.8) is 0 Å². The second-order valence-electron chi connectivity index (χ2n) is 2.16. The van der Waals surface area contributed by atoms with Crippen LogP contribution in [-0.2, 0) is 0 Å². The molecular formula is C7H15NO. The second-order valence-corrected chi connectivity index (χ2v) is 2.16. The van der Waals surface area contributed by atoms with Crippen LogP contribution in [0.1, 0.15) is 13.8 Å².